The van der Waals surface area contributed by atoms with Crippen molar-refractivity contribution in [3.63, 3.8) is 0 Å². The van der Waals surface area contributed by atoms with Gasteiger partial charge in [-0.15, -0.1) is 0 Å². The van der Waals surface area contributed by atoms with Crippen LogP contribution in [-0.4, -0.2) is 20.1 Å². The van der Waals surface area contributed by atoms with E-state index in [1.54, 1.807) is 12.1 Å². The number of nitrogens with one attached hydrogen (secondary N) is 1. The summed E-state index contributed by atoms with van der Waals surface area (Å²) in [4.78, 5) is 12.3. The van der Waals surface area contributed by atoms with Gasteiger partial charge in [-0.3, -0.25) is 4.79 Å². The Morgan fingerprint density at radius 3 is 2.67 bits per heavy atom. The van der Waals surface area contributed by atoms with Crippen LogP contribution in [0.5, 0.6) is 0 Å². The van der Waals surface area contributed by atoms with E-state index in [0.29, 0.717) is 24.3 Å². The predicted octanol–water partition coefficient (Wildman–Crippen LogP) is 2.46. The fourth-order valence-corrected chi connectivity index (χ4v) is 4.13. The van der Waals surface area contributed by atoms with Crippen LogP contribution in [0.1, 0.15) is 44.7 Å². The van der Waals surface area contributed by atoms with E-state index in [1.807, 2.05) is 26.8 Å². The van der Waals surface area contributed by atoms with Crippen molar-refractivity contribution in [2.45, 2.75) is 51.5 Å². The zero-order valence-electron chi connectivity index (χ0n) is 12.9. The average molecular weight is 309 g/mol. The van der Waals surface area contributed by atoms with E-state index in [4.69, 9.17) is 0 Å². The van der Waals surface area contributed by atoms with Gasteiger partial charge in [-0.05, 0) is 35.4 Å². The first-order chi connectivity index (χ1) is 9.67. The lowest BCUT2D eigenvalue weighted by molar-refractivity contribution is -0.122. The minimum atomic E-state index is -3.10. The minimum absolute atomic E-state index is 0.0212. The maximum absolute atomic E-state index is 11.9. The summed E-state index contributed by atoms with van der Waals surface area (Å²) in [6.07, 6.45) is 1.94. The molecule has 21 heavy (non-hydrogen) atoms. The number of benzene rings is 1. The molecule has 1 aromatic carbocycles. The molecule has 1 aliphatic heterocycles. The van der Waals surface area contributed by atoms with Gasteiger partial charge in [0.15, 0.2) is 9.84 Å². The molecule has 5 heteroatoms. The molecule has 0 spiro atoms. The third-order valence-corrected chi connectivity index (χ3v) is 5.39. The van der Waals surface area contributed by atoms with E-state index in [1.165, 1.54) is 0 Å². The molecule has 0 unspecified atom stereocenters. The van der Waals surface area contributed by atoms with E-state index >= 15 is 0 Å². The van der Waals surface area contributed by atoms with Gasteiger partial charge in [-0.1, -0.05) is 32.9 Å². The van der Waals surface area contributed by atoms with Crippen LogP contribution < -0.4 is 5.32 Å². The summed E-state index contributed by atoms with van der Waals surface area (Å²) >= 11 is 0. The van der Waals surface area contributed by atoms with Crippen LogP contribution in [0.25, 0.3) is 0 Å². The SMILES string of the molecule is CC(C)(C)CC(=O)NCc1ccc2c(c1)CCCS2(=O)=O. The smallest absolute Gasteiger partial charge is 0.220 e. The summed E-state index contributed by atoms with van der Waals surface area (Å²) in [5, 5.41) is 2.89. The van der Waals surface area contributed by atoms with Gasteiger partial charge in [0.1, 0.15) is 0 Å². The van der Waals surface area contributed by atoms with Gasteiger partial charge in [0, 0.05) is 13.0 Å². The van der Waals surface area contributed by atoms with Gasteiger partial charge in [0.05, 0.1) is 10.6 Å². The van der Waals surface area contributed by atoms with Gasteiger partial charge < -0.3 is 5.32 Å². The minimum Gasteiger partial charge on any atom is -0.352 e. The van der Waals surface area contributed by atoms with Crippen molar-refractivity contribution in [2.24, 2.45) is 5.41 Å². The second-order valence-electron chi connectivity index (χ2n) is 6.88. The Labute approximate surface area is 126 Å². The molecule has 0 aliphatic carbocycles. The lowest BCUT2D eigenvalue weighted by Crippen LogP contribution is -2.27. The fourth-order valence-electron chi connectivity index (χ4n) is 2.55. The predicted molar refractivity (Wildman–Crippen MR) is 82.7 cm³/mol. The molecular formula is C16H23NO3S. The van der Waals surface area contributed by atoms with Crippen LogP contribution in [0.2, 0.25) is 0 Å². The Morgan fingerprint density at radius 2 is 2.00 bits per heavy atom. The molecule has 1 N–H and O–H groups in total. The van der Waals surface area contributed by atoms with Crippen molar-refractivity contribution in [1.82, 2.24) is 5.32 Å². The highest BCUT2D eigenvalue weighted by atomic mass is 32.2. The van der Waals surface area contributed by atoms with Crippen LogP contribution in [0, 0.1) is 5.41 Å². The third-order valence-electron chi connectivity index (χ3n) is 3.50. The molecule has 0 radical (unpaired) electrons. The Morgan fingerprint density at radius 1 is 1.29 bits per heavy atom. The van der Waals surface area contributed by atoms with Gasteiger partial charge >= 0.3 is 0 Å². The second kappa shape index (κ2) is 5.79. The van der Waals surface area contributed by atoms with Gasteiger partial charge in [-0.25, -0.2) is 8.42 Å². The van der Waals surface area contributed by atoms with Crippen molar-refractivity contribution in [3.8, 4) is 0 Å². The monoisotopic (exact) mass is 309 g/mol. The van der Waals surface area contributed by atoms with Crippen LogP contribution >= 0.6 is 0 Å². The summed E-state index contributed by atoms with van der Waals surface area (Å²) in [7, 11) is -3.10. The molecule has 1 amide bonds. The molecule has 2 rings (SSSR count). The van der Waals surface area contributed by atoms with Crippen molar-refractivity contribution >= 4 is 15.7 Å². The lowest BCUT2D eigenvalue weighted by atomic mass is 9.92. The van der Waals surface area contributed by atoms with E-state index in [0.717, 1.165) is 17.5 Å². The number of hydrogen-bond donors (Lipinski definition) is 1. The summed E-state index contributed by atoms with van der Waals surface area (Å²) < 4.78 is 23.9. The van der Waals surface area contributed by atoms with Crippen molar-refractivity contribution < 1.29 is 13.2 Å². The second-order valence-corrected chi connectivity index (χ2v) is 8.96. The molecule has 116 valence electrons. The maximum atomic E-state index is 11.9. The Kier molecular flexibility index (Phi) is 4.42. The van der Waals surface area contributed by atoms with Crippen molar-refractivity contribution in [1.29, 1.82) is 0 Å². The normalized spacial score (nSPS) is 17.1. The number of sulfone groups is 1. The van der Waals surface area contributed by atoms with E-state index in [2.05, 4.69) is 5.32 Å². The molecule has 0 saturated carbocycles. The number of hydrogen-bond acceptors (Lipinski definition) is 3. The largest absolute Gasteiger partial charge is 0.352 e. The van der Waals surface area contributed by atoms with Gasteiger partial charge in [0.25, 0.3) is 0 Å². The highest BCUT2D eigenvalue weighted by Gasteiger charge is 2.23. The Bertz CT molecular complexity index is 642. The molecule has 0 fully saturated rings. The molecule has 1 aliphatic rings. The van der Waals surface area contributed by atoms with Crippen LogP contribution in [0.15, 0.2) is 23.1 Å². The molecule has 4 nitrogen and oxygen atoms in total. The standard InChI is InChI=1S/C16H23NO3S/c1-16(2,3)10-15(18)17-11-12-6-7-14-13(9-12)5-4-8-21(14,19)20/h6-7,9H,4-5,8,10-11H2,1-3H3,(H,17,18). The molecular weight excluding hydrogens is 286 g/mol. The Balaban J connectivity index is 2.05. The first kappa shape index (κ1) is 16.0. The quantitative estimate of drug-likeness (QED) is 0.933. The van der Waals surface area contributed by atoms with Gasteiger partial charge in [-0.2, -0.15) is 0 Å². The first-order valence-electron chi connectivity index (χ1n) is 7.29. The number of carbonyl (C=O) groups excluding carboxylic acids is 1. The zero-order chi connectivity index (χ0) is 15.7. The van der Waals surface area contributed by atoms with E-state index in [9.17, 15) is 13.2 Å². The first-order valence-corrected chi connectivity index (χ1v) is 8.94. The van der Waals surface area contributed by atoms with Crippen LogP contribution in [-0.2, 0) is 27.6 Å². The number of rotatable bonds is 3. The highest BCUT2D eigenvalue weighted by molar-refractivity contribution is 7.91. The number of carbonyl (C=O) groups is 1. The summed E-state index contributed by atoms with van der Waals surface area (Å²) in [5.74, 6) is 0.259. The number of aryl methyl sites for hydroxylation is 1. The molecule has 0 aromatic heterocycles. The van der Waals surface area contributed by atoms with E-state index < -0.39 is 9.84 Å². The average Bonchev–Trinajstić information content (AvgIpc) is 2.33. The molecule has 0 atom stereocenters. The topological polar surface area (TPSA) is 63.2 Å². The van der Waals surface area contributed by atoms with Gasteiger partial charge in [0.2, 0.25) is 5.91 Å². The Hall–Kier alpha value is -1.36. The lowest BCUT2D eigenvalue weighted by Gasteiger charge is -2.19. The maximum Gasteiger partial charge on any atom is 0.220 e. The summed E-state index contributed by atoms with van der Waals surface area (Å²) in [6.45, 7) is 6.52. The number of fused-ring (bicyclic) bond motifs is 1. The molecule has 0 saturated heterocycles. The zero-order valence-corrected chi connectivity index (χ0v) is 13.7. The molecule has 0 bridgehead atoms. The highest BCUT2D eigenvalue weighted by Crippen LogP contribution is 2.26. The third kappa shape index (κ3) is 4.30. The van der Waals surface area contributed by atoms with E-state index in [-0.39, 0.29) is 17.1 Å². The van der Waals surface area contributed by atoms with Crippen molar-refractivity contribution in [3.05, 3.63) is 29.3 Å². The van der Waals surface area contributed by atoms with Crippen LogP contribution in [0.3, 0.4) is 0 Å². The molecule has 1 heterocycles. The fraction of sp³-hybridized carbons (Fsp3) is 0.562. The summed E-state index contributed by atoms with van der Waals surface area (Å²) in [5.41, 5.74) is 1.80. The van der Waals surface area contributed by atoms with Crippen LogP contribution in [0.4, 0.5) is 0 Å². The number of amides is 1. The van der Waals surface area contributed by atoms with Crippen molar-refractivity contribution in [2.75, 3.05) is 5.75 Å². The summed E-state index contributed by atoms with van der Waals surface area (Å²) in [6, 6.07) is 5.37. The molecule has 1 aromatic rings.